The summed E-state index contributed by atoms with van der Waals surface area (Å²) in [6, 6.07) is 11.7. The van der Waals surface area contributed by atoms with Crippen LogP contribution in [-0.4, -0.2) is 23.2 Å². The Morgan fingerprint density at radius 2 is 1.61 bits per heavy atom. The average molecular weight is 260 g/mol. The van der Waals surface area contributed by atoms with E-state index in [0.29, 0.717) is 18.4 Å². The average Bonchev–Trinajstić information content (AvgIpc) is 2.91. The van der Waals surface area contributed by atoms with E-state index >= 15 is 0 Å². The summed E-state index contributed by atoms with van der Waals surface area (Å²) in [5, 5.41) is -0.175. The van der Waals surface area contributed by atoms with Gasteiger partial charge in [-0.05, 0) is 17.8 Å². The van der Waals surface area contributed by atoms with Gasteiger partial charge in [0.15, 0.2) is 5.16 Å². The molecule has 0 spiro atoms. The Labute approximate surface area is 109 Å². The molecule has 0 N–H and O–H groups in total. The molecule has 1 aliphatic heterocycles. The minimum Gasteiger partial charge on any atom is -0.335 e. The van der Waals surface area contributed by atoms with Crippen LogP contribution >= 0.6 is 11.8 Å². The van der Waals surface area contributed by atoms with Gasteiger partial charge in [-0.3, -0.25) is 0 Å². The van der Waals surface area contributed by atoms with Crippen molar-refractivity contribution in [2.24, 2.45) is 0 Å². The van der Waals surface area contributed by atoms with Gasteiger partial charge in [0.25, 0.3) is 5.12 Å². The zero-order valence-electron chi connectivity index (χ0n) is 9.65. The summed E-state index contributed by atoms with van der Waals surface area (Å²) in [7, 11) is 0. The number of ether oxygens (including phenoxy) is 2. The molecule has 18 heavy (non-hydrogen) atoms. The first-order valence-corrected chi connectivity index (χ1v) is 6.50. The molecule has 2 heterocycles. The number of nitrogens with zero attached hydrogens (tertiary/aromatic N) is 2. The number of hydrogen-bond donors (Lipinski definition) is 0. The lowest BCUT2D eigenvalue weighted by Crippen LogP contribution is -2.23. The minimum atomic E-state index is -0.817. The Bertz CT molecular complexity index is 501. The van der Waals surface area contributed by atoms with E-state index in [1.807, 2.05) is 30.3 Å². The van der Waals surface area contributed by atoms with Gasteiger partial charge < -0.3 is 9.47 Å². The molecule has 0 atom stereocenters. The molecule has 0 bridgehead atoms. The van der Waals surface area contributed by atoms with Crippen LogP contribution < -0.4 is 0 Å². The summed E-state index contributed by atoms with van der Waals surface area (Å²) in [6.07, 6.45) is 3.42. The first kappa shape index (κ1) is 11.6. The van der Waals surface area contributed by atoms with Gasteiger partial charge in [-0.15, -0.1) is 0 Å². The van der Waals surface area contributed by atoms with E-state index in [2.05, 4.69) is 9.97 Å². The Morgan fingerprint density at radius 3 is 2.28 bits per heavy atom. The lowest BCUT2D eigenvalue weighted by molar-refractivity contribution is -0.0817. The van der Waals surface area contributed by atoms with Crippen molar-refractivity contribution >= 4 is 11.8 Å². The Kier molecular flexibility index (Phi) is 3.27. The zero-order chi connectivity index (χ0) is 12.3. The van der Waals surface area contributed by atoms with E-state index in [-0.39, 0.29) is 0 Å². The van der Waals surface area contributed by atoms with Crippen molar-refractivity contribution in [1.29, 1.82) is 0 Å². The highest BCUT2D eigenvalue weighted by atomic mass is 32.2. The highest BCUT2D eigenvalue weighted by Crippen LogP contribution is 2.44. The van der Waals surface area contributed by atoms with Gasteiger partial charge in [0.05, 0.1) is 13.2 Å². The molecule has 0 unspecified atom stereocenters. The quantitative estimate of drug-likeness (QED) is 0.793. The van der Waals surface area contributed by atoms with Crippen LogP contribution in [0.4, 0.5) is 0 Å². The van der Waals surface area contributed by atoms with Crippen LogP contribution in [0.2, 0.25) is 0 Å². The van der Waals surface area contributed by atoms with Crippen LogP contribution in [0, 0.1) is 0 Å². The van der Waals surface area contributed by atoms with E-state index in [1.165, 1.54) is 11.8 Å². The molecular weight excluding hydrogens is 248 g/mol. The van der Waals surface area contributed by atoms with E-state index in [1.54, 1.807) is 18.5 Å². The van der Waals surface area contributed by atoms with Crippen molar-refractivity contribution in [1.82, 2.24) is 9.97 Å². The maximum Gasteiger partial charge on any atom is 0.253 e. The van der Waals surface area contributed by atoms with E-state index in [0.717, 1.165) is 5.56 Å². The molecule has 5 heteroatoms. The second-order valence-corrected chi connectivity index (χ2v) is 4.86. The maximum atomic E-state index is 5.79. The van der Waals surface area contributed by atoms with Crippen molar-refractivity contribution in [3.05, 3.63) is 54.4 Å². The standard InChI is InChI=1S/C13H12N2O2S/c1-2-5-11(6-3-1)13(16-9-10-17-13)18-12-14-7-4-8-15-12/h1-8H,9-10H2. The third kappa shape index (κ3) is 2.25. The zero-order valence-corrected chi connectivity index (χ0v) is 10.5. The molecular formula is C13H12N2O2S. The van der Waals surface area contributed by atoms with Crippen LogP contribution in [0.3, 0.4) is 0 Å². The van der Waals surface area contributed by atoms with Gasteiger partial charge >= 0.3 is 0 Å². The molecule has 0 saturated carbocycles. The molecule has 1 saturated heterocycles. The fourth-order valence-electron chi connectivity index (χ4n) is 1.78. The Morgan fingerprint density at radius 1 is 0.944 bits per heavy atom. The second-order valence-electron chi connectivity index (χ2n) is 3.75. The van der Waals surface area contributed by atoms with Crippen molar-refractivity contribution < 1.29 is 9.47 Å². The van der Waals surface area contributed by atoms with Gasteiger partial charge in [0.2, 0.25) is 0 Å². The molecule has 1 aliphatic rings. The number of thioether (sulfide) groups is 1. The fourth-order valence-corrected chi connectivity index (χ4v) is 2.78. The van der Waals surface area contributed by atoms with Crippen molar-refractivity contribution in [2.75, 3.05) is 13.2 Å². The number of rotatable bonds is 3. The normalized spacial score (nSPS) is 17.8. The highest BCUT2D eigenvalue weighted by Gasteiger charge is 2.40. The predicted octanol–water partition coefficient (Wildman–Crippen LogP) is 2.43. The summed E-state index contributed by atoms with van der Waals surface area (Å²) >= 11 is 1.39. The SMILES string of the molecule is c1ccc(C2(Sc3ncccn3)OCCO2)cc1. The van der Waals surface area contributed by atoms with E-state index in [4.69, 9.17) is 9.47 Å². The smallest absolute Gasteiger partial charge is 0.253 e. The van der Waals surface area contributed by atoms with Gasteiger partial charge in [-0.1, -0.05) is 30.3 Å². The van der Waals surface area contributed by atoms with Crippen molar-refractivity contribution in [3.8, 4) is 0 Å². The molecule has 3 rings (SSSR count). The molecule has 4 nitrogen and oxygen atoms in total. The van der Waals surface area contributed by atoms with Crippen LogP contribution in [0.1, 0.15) is 5.56 Å². The number of benzene rings is 1. The molecule has 2 aromatic rings. The lowest BCUT2D eigenvalue weighted by Gasteiger charge is -2.25. The summed E-state index contributed by atoms with van der Waals surface area (Å²) < 4.78 is 11.6. The third-order valence-electron chi connectivity index (χ3n) is 2.56. The van der Waals surface area contributed by atoms with E-state index in [9.17, 15) is 0 Å². The lowest BCUT2D eigenvalue weighted by atomic mass is 10.2. The van der Waals surface area contributed by atoms with Gasteiger partial charge in [0.1, 0.15) is 0 Å². The van der Waals surface area contributed by atoms with Crippen molar-refractivity contribution in [2.45, 2.75) is 10.3 Å². The maximum absolute atomic E-state index is 5.79. The molecule has 0 aliphatic carbocycles. The van der Waals surface area contributed by atoms with Crippen LogP contribution in [-0.2, 0) is 14.6 Å². The monoisotopic (exact) mass is 260 g/mol. The molecule has 1 fully saturated rings. The third-order valence-corrected chi connectivity index (χ3v) is 3.70. The van der Waals surface area contributed by atoms with E-state index < -0.39 is 5.12 Å². The predicted molar refractivity (Wildman–Crippen MR) is 67.9 cm³/mol. The summed E-state index contributed by atoms with van der Waals surface area (Å²) in [5.41, 5.74) is 0.972. The van der Waals surface area contributed by atoms with Gasteiger partial charge in [-0.25, -0.2) is 9.97 Å². The molecule has 0 radical (unpaired) electrons. The van der Waals surface area contributed by atoms with Crippen LogP contribution in [0.15, 0.2) is 53.9 Å². The highest BCUT2D eigenvalue weighted by molar-refractivity contribution is 7.99. The first-order valence-electron chi connectivity index (χ1n) is 5.68. The summed E-state index contributed by atoms with van der Waals surface area (Å²) in [5.74, 6) is 0. The summed E-state index contributed by atoms with van der Waals surface area (Å²) in [6.45, 7) is 1.16. The second kappa shape index (κ2) is 5.06. The minimum absolute atomic E-state index is 0.578. The number of aromatic nitrogens is 2. The topological polar surface area (TPSA) is 44.2 Å². The van der Waals surface area contributed by atoms with Crippen molar-refractivity contribution in [3.63, 3.8) is 0 Å². The fraction of sp³-hybridized carbons (Fsp3) is 0.231. The van der Waals surface area contributed by atoms with Crippen LogP contribution in [0.25, 0.3) is 0 Å². The molecule has 0 amide bonds. The Balaban J connectivity index is 1.93. The largest absolute Gasteiger partial charge is 0.335 e. The molecule has 1 aromatic carbocycles. The van der Waals surface area contributed by atoms with Gasteiger partial charge in [-0.2, -0.15) is 0 Å². The van der Waals surface area contributed by atoms with Crippen LogP contribution in [0.5, 0.6) is 0 Å². The number of hydrogen-bond acceptors (Lipinski definition) is 5. The molecule has 1 aromatic heterocycles. The van der Waals surface area contributed by atoms with Gasteiger partial charge in [0, 0.05) is 18.0 Å². The summed E-state index contributed by atoms with van der Waals surface area (Å²) in [4.78, 5) is 8.41. The Hall–Kier alpha value is -1.43. The molecule has 92 valence electrons. The first-order chi connectivity index (χ1) is 8.89.